The van der Waals surface area contributed by atoms with Crippen molar-refractivity contribution in [1.82, 2.24) is 10.6 Å². The van der Waals surface area contributed by atoms with E-state index in [1.165, 1.54) is 30.5 Å². The maximum absolute atomic E-state index is 5.65. The molecule has 1 aliphatic carbocycles. The van der Waals surface area contributed by atoms with Crippen molar-refractivity contribution in [3.63, 3.8) is 0 Å². The number of morpholine rings is 1. The summed E-state index contributed by atoms with van der Waals surface area (Å²) in [6, 6.07) is 9.94. The van der Waals surface area contributed by atoms with Crippen molar-refractivity contribution in [3.05, 3.63) is 29.8 Å². The highest BCUT2D eigenvalue weighted by atomic mass is 16.5. The van der Waals surface area contributed by atoms with Crippen molar-refractivity contribution in [1.29, 1.82) is 0 Å². The van der Waals surface area contributed by atoms with Crippen LogP contribution in [0.5, 0.6) is 0 Å². The van der Waals surface area contributed by atoms with Gasteiger partial charge in [-0.15, -0.1) is 0 Å². The van der Waals surface area contributed by atoms with Gasteiger partial charge in [0.25, 0.3) is 0 Å². The van der Waals surface area contributed by atoms with Crippen LogP contribution >= 0.6 is 0 Å². The highest BCUT2D eigenvalue weighted by Gasteiger charge is 2.34. The summed E-state index contributed by atoms with van der Waals surface area (Å²) in [4.78, 5) is 2.16. The molecule has 0 bridgehead atoms. The molecule has 2 aliphatic rings. The standard InChI is InChI=1S/C18H29N3O/c1-21(2)15-6-3-5-14(11-15)12-20-17-8-4-7-16(17)18-13-22-10-9-19-18/h3,5-6,11,16-20H,4,7-10,12-13H2,1-2H3. The fraction of sp³-hybridized carbons (Fsp3) is 0.667. The lowest BCUT2D eigenvalue weighted by Gasteiger charge is -2.33. The zero-order valence-electron chi connectivity index (χ0n) is 13.8. The van der Waals surface area contributed by atoms with Crippen molar-refractivity contribution in [2.75, 3.05) is 38.8 Å². The lowest BCUT2D eigenvalue weighted by atomic mass is 9.94. The number of nitrogens with one attached hydrogen (secondary N) is 2. The zero-order chi connectivity index (χ0) is 15.4. The molecule has 3 atom stereocenters. The molecule has 0 amide bonds. The zero-order valence-corrected chi connectivity index (χ0v) is 13.8. The molecular formula is C18H29N3O. The van der Waals surface area contributed by atoms with E-state index in [1.54, 1.807) is 0 Å². The molecule has 3 rings (SSSR count). The van der Waals surface area contributed by atoms with E-state index >= 15 is 0 Å². The first-order valence-electron chi connectivity index (χ1n) is 8.55. The lowest BCUT2D eigenvalue weighted by molar-refractivity contribution is 0.0524. The number of ether oxygens (including phenoxy) is 1. The van der Waals surface area contributed by atoms with Crippen molar-refractivity contribution >= 4 is 5.69 Å². The molecule has 2 N–H and O–H groups in total. The van der Waals surface area contributed by atoms with Crippen LogP contribution in [0.2, 0.25) is 0 Å². The number of benzene rings is 1. The van der Waals surface area contributed by atoms with Crippen LogP contribution in [0, 0.1) is 5.92 Å². The van der Waals surface area contributed by atoms with E-state index in [9.17, 15) is 0 Å². The van der Waals surface area contributed by atoms with Crippen molar-refractivity contribution in [3.8, 4) is 0 Å². The second kappa shape index (κ2) is 7.44. The van der Waals surface area contributed by atoms with Crippen molar-refractivity contribution in [2.45, 2.75) is 37.9 Å². The number of anilines is 1. The van der Waals surface area contributed by atoms with Crippen LogP contribution < -0.4 is 15.5 Å². The Morgan fingerprint density at radius 3 is 3.00 bits per heavy atom. The summed E-state index contributed by atoms with van der Waals surface area (Å²) in [5, 5.41) is 7.44. The smallest absolute Gasteiger partial charge is 0.0623 e. The van der Waals surface area contributed by atoms with Gasteiger partial charge in [0, 0.05) is 45.0 Å². The Morgan fingerprint density at radius 2 is 2.23 bits per heavy atom. The van der Waals surface area contributed by atoms with Gasteiger partial charge in [-0.05, 0) is 36.5 Å². The second-order valence-electron chi connectivity index (χ2n) is 6.78. The van der Waals surface area contributed by atoms with E-state index < -0.39 is 0 Å². The average Bonchev–Trinajstić information content (AvgIpc) is 3.02. The molecule has 1 aliphatic heterocycles. The minimum absolute atomic E-state index is 0.529. The summed E-state index contributed by atoms with van der Waals surface area (Å²) >= 11 is 0. The van der Waals surface area contributed by atoms with Crippen LogP contribution in [0.3, 0.4) is 0 Å². The summed E-state index contributed by atoms with van der Waals surface area (Å²) < 4.78 is 5.65. The van der Waals surface area contributed by atoms with Crippen molar-refractivity contribution < 1.29 is 4.74 Å². The van der Waals surface area contributed by atoms with Crippen LogP contribution in [0.25, 0.3) is 0 Å². The highest BCUT2D eigenvalue weighted by molar-refractivity contribution is 5.47. The first-order valence-corrected chi connectivity index (χ1v) is 8.55. The number of rotatable bonds is 5. The van der Waals surface area contributed by atoms with E-state index in [0.717, 1.165) is 26.3 Å². The molecule has 1 saturated carbocycles. The van der Waals surface area contributed by atoms with Crippen LogP contribution in [-0.2, 0) is 11.3 Å². The first kappa shape index (κ1) is 15.8. The number of hydrogen-bond acceptors (Lipinski definition) is 4. The molecule has 0 radical (unpaired) electrons. The van der Waals surface area contributed by atoms with Gasteiger partial charge in [0.2, 0.25) is 0 Å². The molecule has 3 unspecified atom stereocenters. The molecule has 1 heterocycles. The third-order valence-corrected chi connectivity index (χ3v) is 5.03. The molecule has 2 fully saturated rings. The largest absolute Gasteiger partial charge is 0.379 e. The Morgan fingerprint density at radius 1 is 1.32 bits per heavy atom. The van der Waals surface area contributed by atoms with Crippen LogP contribution in [0.4, 0.5) is 5.69 Å². The van der Waals surface area contributed by atoms with E-state index in [0.29, 0.717) is 18.0 Å². The van der Waals surface area contributed by atoms with Gasteiger partial charge in [-0.2, -0.15) is 0 Å². The van der Waals surface area contributed by atoms with Crippen LogP contribution in [-0.4, -0.2) is 45.9 Å². The second-order valence-corrected chi connectivity index (χ2v) is 6.78. The van der Waals surface area contributed by atoms with E-state index in [1.807, 2.05) is 0 Å². The third kappa shape index (κ3) is 3.80. The highest BCUT2D eigenvalue weighted by Crippen LogP contribution is 2.29. The van der Waals surface area contributed by atoms with Crippen LogP contribution in [0.15, 0.2) is 24.3 Å². The summed E-state index contributed by atoms with van der Waals surface area (Å²) in [6.07, 6.45) is 3.94. The maximum atomic E-state index is 5.65. The van der Waals surface area contributed by atoms with Gasteiger partial charge in [-0.25, -0.2) is 0 Å². The Labute approximate surface area is 134 Å². The minimum Gasteiger partial charge on any atom is -0.379 e. The Kier molecular flexibility index (Phi) is 5.34. The van der Waals surface area contributed by atoms with Gasteiger partial charge in [0.15, 0.2) is 0 Å². The molecular weight excluding hydrogens is 274 g/mol. The van der Waals surface area contributed by atoms with Gasteiger partial charge in [0.05, 0.1) is 13.2 Å². The predicted octanol–water partition coefficient (Wildman–Crippen LogP) is 2.00. The molecule has 1 aromatic carbocycles. The van der Waals surface area contributed by atoms with E-state index in [-0.39, 0.29) is 0 Å². The van der Waals surface area contributed by atoms with Crippen LogP contribution in [0.1, 0.15) is 24.8 Å². The molecule has 122 valence electrons. The summed E-state index contributed by atoms with van der Waals surface area (Å²) in [6.45, 7) is 3.69. The summed E-state index contributed by atoms with van der Waals surface area (Å²) in [7, 11) is 4.18. The Bertz CT molecular complexity index is 471. The van der Waals surface area contributed by atoms with Gasteiger partial charge in [-0.1, -0.05) is 18.6 Å². The molecule has 0 spiro atoms. The Balaban J connectivity index is 1.56. The Hall–Kier alpha value is -1.10. The monoisotopic (exact) mass is 303 g/mol. The topological polar surface area (TPSA) is 36.5 Å². The third-order valence-electron chi connectivity index (χ3n) is 5.03. The van der Waals surface area contributed by atoms with Gasteiger partial charge in [-0.3, -0.25) is 0 Å². The number of hydrogen-bond donors (Lipinski definition) is 2. The van der Waals surface area contributed by atoms with Gasteiger partial charge < -0.3 is 20.3 Å². The fourth-order valence-electron chi connectivity index (χ4n) is 3.78. The normalized spacial score (nSPS) is 28.7. The van der Waals surface area contributed by atoms with Gasteiger partial charge >= 0.3 is 0 Å². The van der Waals surface area contributed by atoms with E-state index in [2.05, 4.69) is 53.9 Å². The predicted molar refractivity (Wildman–Crippen MR) is 91.3 cm³/mol. The summed E-state index contributed by atoms with van der Waals surface area (Å²) in [5.41, 5.74) is 2.63. The average molecular weight is 303 g/mol. The minimum atomic E-state index is 0.529. The lowest BCUT2D eigenvalue weighted by Crippen LogP contribution is -2.50. The molecule has 4 nitrogen and oxygen atoms in total. The fourth-order valence-corrected chi connectivity index (χ4v) is 3.78. The maximum Gasteiger partial charge on any atom is 0.0623 e. The molecule has 22 heavy (non-hydrogen) atoms. The molecule has 1 saturated heterocycles. The number of nitrogens with zero attached hydrogens (tertiary/aromatic N) is 1. The quantitative estimate of drug-likeness (QED) is 0.872. The van der Waals surface area contributed by atoms with Crippen molar-refractivity contribution in [2.24, 2.45) is 5.92 Å². The van der Waals surface area contributed by atoms with Gasteiger partial charge in [0.1, 0.15) is 0 Å². The first-order chi connectivity index (χ1) is 10.7. The molecule has 1 aromatic rings. The SMILES string of the molecule is CN(C)c1cccc(CNC2CCCC2C2COCCN2)c1. The molecule has 4 heteroatoms. The molecule has 0 aromatic heterocycles. The van der Waals surface area contributed by atoms with E-state index in [4.69, 9.17) is 4.74 Å². The summed E-state index contributed by atoms with van der Waals surface area (Å²) in [5.74, 6) is 0.706.